The number of ketones is 1. The van der Waals surface area contributed by atoms with Crippen LogP contribution in [0.25, 0.3) is 11.4 Å². The molecule has 2 heterocycles. The van der Waals surface area contributed by atoms with Crippen LogP contribution in [0.4, 0.5) is 10.8 Å². The van der Waals surface area contributed by atoms with Crippen molar-refractivity contribution in [3.63, 3.8) is 0 Å². The Morgan fingerprint density at radius 2 is 2.04 bits per heavy atom. The molecule has 24 heavy (non-hydrogen) atoms. The number of hydrogen-bond acceptors (Lipinski definition) is 5. The van der Waals surface area contributed by atoms with E-state index in [1.165, 1.54) is 11.3 Å². The van der Waals surface area contributed by atoms with Crippen molar-refractivity contribution < 1.29 is 9.53 Å². The molecule has 0 radical (unpaired) electrons. The number of nitrogens with zero attached hydrogens (tertiary/aromatic N) is 1. The molecule has 3 rings (SSSR count). The minimum Gasteiger partial charge on any atom is -0.495 e. The molecule has 5 nitrogen and oxygen atoms in total. The number of carbonyl (C=O) groups is 1. The van der Waals surface area contributed by atoms with Crippen molar-refractivity contribution in [2.75, 3.05) is 12.4 Å². The molecule has 0 saturated carbocycles. The summed E-state index contributed by atoms with van der Waals surface area (Å²) in [5.74, 6) is 0.829. The van der Waals surface area contributed by atoms with Crippen molar-refractivity contribution >= 4 is 27.9 Å². The van der Waals surface area contributed by atoms with Crippen molar-refractivity contribution in [3.05, 3.63) is 46.5 Å². The number of aromatic amines is 1. The predicted octanol–water partition coefficient (Wildman–Crippen LogP) is 4.71. The third kappa shape index (κ3) is 2.92. The fraction of sp³-hybridized carbons (Fsp3) is 0.222. The molecular weight excluding hydrogens is 322 g/mol. The van der Waals surface area contributed by atoms with E-state index in [2.05, 4.69) is 15.3 Å². The molecule has 2 N–H and O–H groups in total. The molecule has 2 aromatic heterocycles. The summed E-state index contributed by atoms with van der Waals surface area (Å²) in [6, 6.07) is 7.70. The summed E-state index contributed by atoms with van der Waals surface area (Å²) in [6.07, 6.45) is 0. The first kappa shape index (κ1) is 16.3. The summed E-state index contributed by atoms with van der Waals surface area (Å²) < 4.78 is 5.34. The molecule has 3 aromatic rings. The molecule has 0 saturated heterocycles. The van der Waals surface area contributed by atoms with Crippen LogP contribution in [-0.4, -0.2) is 22.9 Å². The predicted molar refractivity (Wildman–Crippen MR) is 97.7 cm³/mol. The number of thiazole rings is 1. The molecule has 0 amide bonds. The second-order valence-electron chi connectivity index (χ2n) is 5.54. The zero-order valence-corrected chi connectivity index (χ0v) is 14.9. The average molecular weight is 341 g/mol. The van der Waals surface area contributed by atoms with Gasteiger partial charge in [0, 0.05) is 16.6 Å². The lowest BCUT2D eigenvalue weighted by atomic mass is 10.1. The topological polar surface area (TPSA) is 67.0 Å². The van der Waals surface area contributed by atoms with Crippen molar-refractivity contribution in [1.82, 2.24) is 9.97 Å². The first-order valence-electron chi connectivity index (χ1n) is 7.57. The first-order valence-corrected chi connectivity index (χ1v) is 8.45. The molecule has 0 unspecified atom stereocenters. The lowest BCUT2D eigenvalue weighted by Gasteiger charge is -2.08. The van der Waals surface area contributed by atoms with Gasteiger partial charge >= 0.3 is 0 Å². The highest BCUT2D eigenvalue weighted by atomic mass is 32.1. The average Bonchev–Trinajstić information content (AvgIpc) is 3.12. The van der Waals surface area contributed by atoms with Gasteiger partial charge in [0.2, 0.25) is 0 Å². The normalized spacial score (nSPS) is 10.7. The number of aryl methyl sites for hydroxylation is 1. The molecule has 0 aliphatic heterocycles. The lowest BCUT2D eigenvalue weighted by molar-refractivity contribution is 0.101. The monoisotopic (exact) mass is 341 g/mol. The van der Waals surface area contributed by atoms with E-state index in [0.717, 1.165) is 44.8 Å². The van der Waals surface area contributed by atoms with Gasteiger partial charge in [-0.1, -0.05) is 12.1 Å². The standard InChI is InChI=1S/C18H19N3O2S/c1-10-16(12(3)22)11(2)19-17(10)14-9-24-18(21-14)20-13-7-5-6-8-15(13)23-4/h5-9,19H,1-4H3,(H,20,21). The Balaban J connectivity index is 1.92. The van der Waals surface area contributed by atoms with Crippen molar-refractivity contribution in [2.45, 2.75) is 20.8 Å². The zero-order valence-electron chi connectivity index (χ0n) is 14.1. The van der Waals surface area contributed by atoms with Gasteiger partial charge in [0.15, 0.2) is 10.9 Å². The third-order valence-corrected chi connectivity index (χ3v) is 4.66. The van der Waals surface area contributed by atoms with E-state index >= 15 is 0 Å². The number of carbonyl (C=O) groups excluding carboxylic acids is 1. The fourth-order valence-electron chi connectivity index (χ4n) is 2.84. The van der Waals surface area contributed by atoms with Crippen LogP contribution in [0.15, 0.2) is 29.6 Å². The number of Topliss-reactive ketones (excluding diaryl/α,β-unsaturated/α-hetero) is 1. The first-order chi connectivity index (χ1) is 11.5. The molecule has 0 fully saturated rings. The summed E-state index contributed by atoms with van der Waals surface area (Å²) in [5.41, 5.74) is 5.14. The van der Waals surface area contributed by atoms with Crippen molar-refractivity contribution in [2.24, 2.45) is 0 Å². The minimum absolute atomic E-state index is 0.0649. The number of hydrogen-bond donors (Lipinski definition) is 2. The zero-order chi connectivity index (χ0) is 17.3. The van der Waals surface area contributed by atoms with Gasteiger partial charge in [0.25, 0.3) is 0 Å². The number of aromatic nitrogens is 2. The van der Waals surface area contributed by atoms with Crippen LogP contribution in [0.2, 0.25) is 0 Å². The van der Waals surface area contributed by atoms with E-state index < -0.39 is 0 Å². The van der Waals surface area contributed by atoms with E-state index in [4.69, 9.17) is 4.74 Å². The number of para-hydroxylation sites is 2. The van der Waals surface area contributed by atoms with Crippen molar-refractivity contribution in [1.29, 1.82) is 0 Å². The molecule has 0 spiro atoms. The molecular formula is C18H19N3O2S. The molecule has 0 aliphatic rings. The second-order valence-corrected chi connectivity index (χ2v) is 6.40. The van der Waals surface area contributed by atoms with Gasteiger partial charge in [-0.25, -0.2) is 4.98 Å². The van der Waals surface area contributed by atoms with E-state index in [1.54, 1.807) is 14.0 Å². The molecule has 1 aromatic carbocycles. The number of methoxy groups -OCH3 is 1. The van der Waals surface area contributed by atoms with Crippen molar-refractivity contribution in [3.8, 4) is 17.1 Å². The highest BCUT2D eigenvalue weighted by Gasteiger charge is 2.18. The third-order valence-electron chi connectivity index (χ3n) is 3.90. The molecule has 0 atom stereocenters. The van der Waals surface area contributed by atoms with Gasteiger partial charge in [-0.3, -0.25) is 4.79 Å². The van der Waals surface area contributed by atoms with Crippen LogP contribution >= 0.6 is 11.3 Å². The molecule has 0 aliphatic carbocycles. The van der Waals surface area contributed by atoms with Gasteiger partial charge in [0.1, 0.15) is 11.4 Å². The fourth-order valence-corrected chi connectivity index (χ4v) is 3.56. The summed E-state index contributed by atoms with van der Waals surface area (Å²) >= 11 is 1.51. The van der Waals surface area contributed by atoms with Gasteiger partial charge in [-0.05, 0) is 38.5 Å². The number of anilines is 2. The molecule has 0 bridgehead atoms. The van der Waals surface area contributed by atoms with E-state index in [1.807, 2.05) is 43.5 Å². The Bertz CT molecular complexity index is 896. The SMILES string of the molecule is COc1ccccc1Nc1nc(-c2[nH]c(C)c(C(C)=O)c2C)cs1. The summed E-state index contributed by atoms with van der Waals surface area (Å²) in [4.78, 5) is 19.7. The van der Waals surface area contributed by atoms with Crippen LogP contribution in [0.3, 0.4) is 0 Å². The smallest absolute Gasteiger partial charge is 0.187 e. The van der Waals surface area contributed by atoms with Gasteiger partial charge in [-0.15, -0.1) is 11.3 Å². The maximum atomic E-state index is 11.8. The quantitative estimate of drug-likeness (QED) is 0.660. The number of ether oxygens (including phenoxy) is 1. The number of nitrogens with one attached hydrogen (secondary N) is 2. The summed E-state index contributed by atoms with van der Waals surface area (Å²) in [6.45, 7) is 5.44. The summed E-state index contributed by atoms with van der Waals surface area (Å²) in [5, 5.41) is 6.02. The van der Waals surface area contributed by atoms with Crippen LogP contribution < -0.4 is 10.1 Å². The van der Waals surface area contributed by atoms with E-state index in [-0.39, 0.29) is 5.78 Å². The molecule has 6 heteroatoms. The van der Waals surface area contributed by atoms with Crippen LogP contribution in [-0.2, 0) is 0 Å². The van der Waals surface area contributed by atoms with Gasteiger partial charge in [-0.2, -0.15) is 0 Å². The van der Waals surface area contributed by atoms with Gasteiger partial charge < -0.3 is 15.0 Å². The lowest BCUT2D eigenvalue weighted by Crippen LogP contribution is -1.95. The highest BCUT2D eigenvalue weighted by molar-refractivity contribution is 7.14. The van der Waals surface area contributed by atoms with Crippen LogP contribution in [0.1, 0.15) is 28.5 Å². The summed E-state index contributed by atoms with van der Waals surface area (Å²) in [7, 11) is 1.64. The number of H-pyrrole nitrogens is 1. The highest BCUT2D eigenvalue weighted by Crippen LogP contribution is 2.33. The molecule has 124 valence electrons. The van der Waals surface area contributed by atoms with E-state index in [9.17, 15) is 4.79 Å². The maximum absolute atomic E-state index is 11.8. The van der Waals surface area contributed by atoms with E-state index in [0.29, 0.717) is 0 Å². The Morgan fingerprint density at radius 1 is 1.29 bits per heavy atom. The van der Waals surface area contributed by atoms with Gasteiger partial charge in [0.05, 0.1) is 18.5 Å². The second kappa shape index (κ2) is 6.49. The van der Waals surface area contributed by atoms with Crippen LogP contribution in [0.5, 0.6) is 5.75 Å². The Hall–Kier alpha value is -2.60. The number of rotatable bonds is 5. The Morgan fingerprint density at radius 3 is 2.71 bits per heavy atom. The Kier molecular flexibility index (Phi) is 4.40. The Labute approximate surface area is 144 Å². The maximum Gasteiger partial charge on any atom is 0.187 e. The van der Waals surface area contributed by atoms with Crippen LogP contribution in [0, 0.1) is 13.8 Å². The minimum atomic E-state index is 0.0649. The number of benzene rings is 1. The largest absolute Gasteiger partial charge is 0.495 e.